The molecule has 1 N–H and O–H groups in total. The summed E-state index contributed by atoms with van der Waals surface area (Å²) >= 11 is 0. The highest BCUT2D eigenvalue weighted by molar-refractivity contribution is 6.37. The first kappa shape index (κ1) is 22.7. The molecule has 170 valence electrons. The SMILES string of the molecule is C=CC(C)c1ccc(Oc2ccc(N3C(=O)C4=CCC(C)(CCNC)C=C4C3=O)cc2)cc1. The van der Waals surface area contributed by atoms with Crippen molar-refractivity contribution in [1.29, 1.82) is 0 Å². The largest absolute Gasteiger partial charge is 0.457 e. The summed E-state index contributed by atoms with van der Waals surface area (Å²) in [6.45, 7) is 8.90. The molecule has 0 saturated carbocycles. The van der Waals surface area contributed by atoms with Gasteiger partial charge >= 0.3 is 0 Å². The first-order chi connectivity index (χ1) is 15.8. The number of carbonyl (C=O) groups is 2. The number of nitrogens with zero attached hydrogens (tertiary/aromatic N) is 1. The van der Waals surface area contributed by atoms with Gasteiger partial charge in [0.2, 0.25) is 0 Å². The minimum absolute atomic E-state index is 0.134. The van der Waals surface area contributed by atoms with E-state index in [2.05, 4.69) is 25.7 Å². The summed E-state index contributed by atoms with van der Waals surface area (Å²) in [5.41, 5.74) is 2.60. The molecule has 5 nitrogen and oxygen atoms in total. The predicted molar refractivity (Wildman–Crippen MR) is 131 cm³/mol. The third-order valence-electron chi connectivity index (χ3n) is 6.46. The van der Waals surface area contributed by atoms with Crippen molar-refractivity contribution in [3.05, 3.63) is 90.0 Å². The molecule has 33 heavy (non-hydrogen) atoms. The number of carbonyl (C=O) groups excluding carboxylic acids is 2. The first-order valence-electron chi connectivity index (χ1n) is 11.3. The van der Waals surface area contributed by atoms with Crippen molar-refractivity contribution < 1.29 is 14.3 Å². The third-order valence-corrected chi connectivity index (χ3v) is 6.46. The minimum atomic E-state index is -0.262. The topological polar surface area (TPSA) is 58.6 Å². The van der Waals surface area contributed by atoms with Crippen molar-refractivity contribution in [2.75, 3.05) is 18.5 Å². The standard InChI is InChI=1S/C28H30N2O3/c1-5-19(2)20-6-10-22(11-7-20)33-23-12-8-21(9-13-23)30-26(31)24-14-15-28(3,16-17-29-4)18-25(24)27(30)32/h5-14,18-19,29H,1,15-17H2,2-4H3. The highest BCUT2D eigenvalue weighted by Gasteiger charge is 2.43. The molecular weight excluding hydrogens is 412 g/mol. The van der Waals surface area contributed by atoms with Crippen LogP contribution in [0.4, 0.5) is 5.69 Å². The van der Waals surface area contributed by atoms with E-state index in [9.17, 15) is 9.59 Å². The number of amides is 2. The number of hydrogen-bond acceptors (Lipinski definition) is 4. The average Bonchev–Trinajstić information content (AvgIpc) is 3.07. The van der Waals surface area contributed by atoms with Gasteiger partial charge in [-0.05, 0) is 79.7 Å². The first-order valence-corrected chi connectivity index (χ1v) is 11.3. The molecule has 2 atom stereocenters. The number of allylic oxidation sites excluding steroid dienone is 3. The van der Waals surface area contributed by atoms with Gasteiger partial charge < -0.3 is 10.1 Å². The fraction of sp³-hybridized carbons (Fsp3) is 0.286. The molecule has 2 aromatic rings. The van der Waals surface area contributed by atoms with E-state index in [-0.39, 0.29) is 23.1 Å². The van der Waals surface area contributed by atoms with Gasteiger partial charge in [0.15, 0.2) is 0 Å². The maximum atomic E-state index is 13.1. The van der Waals surface area contributed by atoms with Crippen LogP contribution in [0.5, 0.6) is 11.5 Å². The zero-order chi connectivity index (χ0) is 23.6. The Kier molecular flexibility index (Phi) is 6.34. The monoisotopic (exact) mass is 442 g/mol. The van der Waals surface area contributed by atoms with Crippen molar-refractivity contribution in [2.24, 2.45) is 5.41 Å². The minimum Gasteiger partial charge on any atom is -0.457 e. The van der Waals surface area contributed by atoms with E-state index in [0.717, 1.165) is 25.1 Å². The molecule has 2 aliphatic rings. The van der Waals surface area contributed by atoms with Gasteiger partial charge in [-0.1, -0.05) is 44.2 Å². The summed E-state index contributed by atoms with van der Waals surface area (Å²) in [6, 6.07) is 14.9. The fourth-order valence-electron chi connectivity index (χ4n) is 4.24. The molecule has 1 aliphatic carbocycles. The second-order valence-corrected chi connectivity index (χ2v) is 9.02. The van der Waals surface area contributed by atoms with E-state index in [1.165, 1.54) is 10.5 Å². The summed E-state index contributed by atoms with van der Waals surface area (Å²) < 4.78 is 5.93. The molecule has 0 spiro atoms. The van der Waals surface area contributed by atoms with Crippen LogP contribution in [0.3, 0.4) is 0 Å². The van der Waals surface area contributed by atoms with Gasteiger partial charge in [0.25, 0.3) is 11.8 Å². The van der Waals surface area contributed by atoms with Crippen molar-refractivity contribution in [3.8, 4) is 11.5 Å². The van der Waals surface area contributed by atoms with Crippen LogP contribution in [0.25, 0.3) is 0 Å². The number of ether oxygens (including phenoxy) is 1. The molecule has 1 aliphatic heterocycles. The Bertz CT molecular complexity index is 1130. The van der Waals surface area contributed by atoms with E-state index < -0.39 is 0 Å². The van der Waals surface area contributed by atoms with E-state index in [4.69, 9.17) is 4.74 Å². The summed E-state index contributed by atoms with van der Waals surface area (Å²) in [6.07, 6.45) is 7.45. The molecule has 0 aromatic heterocycles. The second kappa shape index (κ2) is 9.20. The molecule has 1 heterocycles. The zero-order valence-electron chi connectivity index (χ0n) is 19.4. The van der Waals surface area contributed by atoms with Gasteiger partial charge in [-0.25, -0.2) is 4.90 Å². The lowest BCUT2D eigenvalue weighted by molar-refractivity contribution is -0.119. The third kappa shape index (κ3) is 4.55. The molecule has 1 fully saturated rings. The zero-order valence-corrected chi connectivity index (χ0v) is 19.4. The van der Waals surface area contributed by atoms with Crippen LogP contribution in [0.15, 0.2) is 84.5 Å². The van der Waals surface area contributed by atoms with Crippen molar-refractivity contribution in [3.63, 3.8) is 0 Å². The maximum absolute atomic E-state index is 13.1. The van der Waals surface area contributed by atoms with Gasteiger partial charge in [-0.15, -0.1) is 6.58 Å². The van der Waals surface area contributed by atoms with Gasteiger partial charge in [0.1, 0.15) is 11.5 Å². The number of fused-ring (bicyclic) bond motifs is 1. The lowest BCUT2D eigenvalue weighted by Crippen LogP contribution is -2.29. The summed E-state index contributed by atoms with van der Waals surface area (Å²) in [5, 5.41) is 3.16. The lowest BCUT2D eigenvalue weighted by atomic mass is 9.77. The Hall–Kier alpha value is -3.44. The van der Waals surface area contributed by atoms with Gasteiger partial charge in [0.05, 0.1) is 5.69 Å². The van der Waals surface area contributed by atoms with E-state index >= 15 is 0 Å². The smallest absolute Gasteiger partial charge is 0.265 e. The molecule has 2 aromatic carbocycles. The van der Waals surface area contributed by atoms with Crippen molar-refractivity contribution >= 4 is 17.5 Å². The highest BCUT2D eigenvalue weighted by atomic mass is 16.5. The highest BCUT2D eigenvalue weighted by Crippen LogP contribution is 2.41. The molecule has 4 rings (SSSR count). The van der Waals surface area contributed by atoms with Crippen LogP contribution in [0.1, 0.15) is 38.2 Å². The van der Waals surface area contributed by atoms with E-state index in [1.807, 2.05) is 49.5 Å². The maximum Gasteiger partial charge on any atom is 0.265 e. The average molecular weight is 443 g/mol. The quantitative estimate of drug-likeness (QED) is 0.432. The Labute approximate surface area is 195 Å². The number of nitrogens with one attached hydrogen (secondary N) is 1. The van der Waals surface area contributed by atoms with Crippen molar-refractivity contribution in [1.82, 2.24) is 5.32 Å². The lowest BCUT2D eigenvalue weighted by Gasteiger charge is -2.28. The van der Waals surface area contributed by atoms with Crippen LogP contribution in [-0.2, 0) is 9.59 Å². The summed E-state index contributed by atoms with van der Waals surface area (Å²) in [5.74, 6) is 1.12. The number of hydrogen-bond donors (Lipinski definition) is 1. The van der Waals surface area contributed by atoms with Gasteiger partial charge in [-0.3, -0.25) is 9.59 Å². The normalized spacial score (nSPS) is 20.8. The van der Waals surface area contributed by atoms with E-state index in [0.29, 0.717) is 22.6 Å². The Balaban J connectivity index is 1.50. The van der Waals surface area contributed by atoms with Crippen LogP contribution in [0, 0.1) is 5.41 Å². The number of anilines is 1. The molecule has 0 bridgehead atoms. The Morgan fingerprint density at radius 2 is 1.67 bits per heavy atom. The summed E-state index contributed by atoms with van der Waals surface area (Å²) in [7, 11) is 1.92. The molecule has 2 unspecified atom stereocenters. The molecule has 5 heteroatoms. The molecule has 1 saturated heterocycles. The second-order valence-electron chi connectivity index (χ2n) is 9.02. The van der Waals surface area contributed by atoms with Gasteiger partial charge in [-0.2, -0.15) is 0 Å². The van der Waals surface area contributed by atoms with E-state index in [1.54, 1.807) is 24.3 Å². The number of imide groups is 1. The van der Waals surface area contributed by atoms with Crippen LogP contribution in [-0.4, -0.2) is 25.4 Å². The molecule has 0 radical (unpaired) electrons. The number of benzene rings is 2. The van der Waals surface area contributed by atoms with Crippen LogP contribution < -0.4 is 15.0 Å². The molecule has 2 amide bonds. The number of rotatable bonds is 8. The van der Waals surface area contributed by atoms with Gasteiger partial charge in [0, 0.05) is 11.1 Å². The summed E-state index contributed by atoms with van der Waals surface area (Å²) in [4.78, 5) is 27.4. The van der Waals surface area contributed by atoms with Crippen LogP contribution >= 0.6 is 0 Å². The van der Waals surface area contributed by atoms with Crippen LogP contribution in [0.2, 0.25) is 0 Å². The molecular formula is C28H30N2O3. The predicted octanol–water partition coefficient (Wildman–Crippen LogP) is 5.51. The Morgan fingerprint density at radius 1 is 1.06 bits per heavy atom. The fourth-order valence-corrected chi connectivity index (χ4v) is 4.24. The Morgan fingerprint density at radius 3 is 2.27 bits per heavy atom. The van der Waals surface area contributed by atoms with Crippen molar-refractivity contribution in [2.45, 2.75) is 32.6 Å².